The second-order valence-electron chi connectivity index (χ2n) is 6.62. The molecule has 4 aromatic heterocycles. The van der Waals surface area contributed by atoms with E-state index >= 15 is 0 Å². The van der Waals surface area contributed by atoms with Gasteiger partial charge in [-0.15, -0.1) is 0 Å². The minimum Gasteiger partial charge on any atom is -0.368 e. The van der Waals surface area contributed by atoms with E-state index in [1.807, 2.05) is 18.3 Å². The van der Waals surface area contributed by atoms with E-state index in [-0.39, 0.29) is 0 Å². The number of para-hydroxylation sites is 1. The first kappa shape index (κ1) is 16.4. The number of hydrogen-bond donors (Lipinski definition) is 2. The molecule has 28 heavy (non-hydrogen) atoms. The molecule has 0 bridgehead atoms. The van der Waals surface area contributed by atoms with E-state index in [9.17, 15) is 0 Å². The van der Waals surface area contributed by atoms with Gasteiger partial charge in [0.1, 0.15) is 11.8 Å². The van der Waals surface area contributed by atoms with Crippen molar-refractivity contribution in [2.24, 2.45) is 0 Å². The third-order valence-electron chi connectivity index (χ3n) is 4.84. The summed E-state index contributed by atoms with van der Waals surface area (Å²) in [5, 5.41) is 4.67. The predicted molar refractivity (Wildman–Crippen MR) is 109 cm³/mol. The molecular formula is C21H19N7. The van der Waals surface area contributed by atoms with Crippen LogP contribution in [0.1, 0.15) is 11.3 Å². The lowest BCUT2D eigenvalue weighted by atomic mass is 10.1. The summed E-state index contributed by atoms with van der Waals surface area (Å²) in [5.41, 5.74) is 5.08. The molecule has 0 saturated heterocycles. The maximum atomic E-state index is 4.46. The second-order valence-corrected chi connectivity index (χ2v) is 6.62. The molecule has 0 aliphatic rings. The number of nitrogens with zero attached hydrogens (tertiary/aromatic N) is 5. The maximum absolute atomic E-state index is 4.46. The van der Waals surface area contributed by atoms with Crippen molar-refractivity contribution in [1.29, 1.82) is 0 Å². The summed E-state index contributed by atoms with van der Waals surface area (Å²) in [6.07, 6.45) is 8.12. The molecule has 0 fully saturated rings. The van der Waals surface area contributed by atoms with E-state index in [1.165, 1.54) is 22.8 Å². The summed E-state index contributed by atoms with van der Waals surface area (Å²) < 4.78 is 2.27. The van der Waals surface area contributed by atoms with Crippen LogP contribution in [-0.4, -0.2) is 36.0 Å². The van der Waals surface area contributed by atoms with Crippen molar-refractivity contribution in [3.63, 3.8) is 0 Å². The van der Waals surface area contributed by atoms with Crippen LogP contribution >= 0.6 is 0 Å². The molecule has 0 aliphatic carbocycles. The Morgan fingerprint density at radius 3 is 2.82 bits per heavy atom. The average molecular weight is 369 g/mol. The molecule has 0 saturated carbocycles. The molecule has 1 aromatic carbocycles. The van der Waals surface area contributed by atoms with Crippen LogP contribution in [0.3, 0.4) is 0 Å². The fraction of sp³-hybridized carbons (Fsp3) is 0.143. The minimum atomic E-state index is 0.671. The number of rotatable bonds is 6. The van der Waals surface area contributed by atoms with Gasteiger partial charge in [0.05, 0.1) is 18.6 Å². The van der Waals surface area contributed by atoms with E-state index in [4.69, 9.17) is 0 Å². The zero-order valence-electron chi connectivity index (χ0n) is 15.2. The van der Waals surface area contributed by atoms with Crippen molar-refractivity contribution in [3.05, 3.63) is 78.8 Å². The van der Waals surface area contributed by atoms with Crippen LogP contribution in [-0.2, 0) is 13.0 Å². The van der Waals surface area contributed by atoms with Crippen molar-refractivity contribution in [2.75, 3.05) is 11.9 Å². The Balaban J connectivity index is 1.38. The van der Waals surface area contributed by atoms with Gasteiger partial charge in [-0.1, -0.05) is 24.3 Å². The van der Waals surface area contributed by atoms with Crippen LogP contribution in [0.4, 0.5) is 5.82 Å². The van der Waals surface area contributed by atoms with Gasteiger partial charge in [-0.2, -0.15) is 0 Å². The monoisotopic (exact) mass is 369 g/mol. The SMILES string of the molecule is c1ccc(Cn2cc(CCNc3ncnc4nc[nH]c34)c3ccccc32)nc1. The van der Waals surface area contributed by atoms with Crippen LogP contribution < -0.4 is 5.32 Å². The number of fused-ring (bicyclic) bond motifs is 2. The Morgan fingerprint density at radius 1 is 0.964 bits per heavy atom. The normalized spacial score (nSPS) is 11.3. The molecule has 4 heterocycles. The molecule has 7 heteroatoms. The third kappa shape index (κ3) is 3.07. The van der Waals surface area contributed by atoms with Crippen LogP contribution in [0.25, 0.3) is 22.1 Å². The number of hydrogen-bond acceptors (Lipinski definition) is 5. The second kappa shape index (κ2) is 7.11. The van der Waals surface area contributed by atoms with Crippen molar-refractivity contribution < 1.29 is 0 Å². The Labute approximate surface area is 161 Å². The van der Waals surface area contributed by atoms with Gasteiger partial charge in [0.25, 0.3) is 0 Å². The molecule has 7 nitrogen and oxygen atoms in total. The number of anilines is 1. The van der Waals surface area contributed by atoms with Gasteiger partial charge in [0.15, 0.2) is 11.5 Å². The predicted octanol–water partition coefficient (Wildman–Crippen LogP) is 3.41. The molecule has 0 amide bonds. The first-order valence-electron chi connectivity index (χ1n) is 9.23. The van der Waals surface area contributed by atoms with Crippen molar-refractivity contribution in [1.82, 2.24) is 29.5 Å². The lowest BCUT2D eigenvalue weighted by Gasteiger charge is -2.05. The summed E-state index contributed by atoms with van der Waals surface area (Å²) in [6.45, 7) is 1.53. The topological polar surface area (TPSA) is 84.3 Å². The van der Waals surface area contributed by atoms with Crippen molar-refractivity contribution in [2.45, 2.75) is 13.0 Å². The van der Waals surface area contributed by atoms with Gasteiger partial charge < -0.3 is 14.9 Å². The fourth-order valence-corrected chi connectivity index (χ4v) is 3.53. The van der Waals surface area contributed by atoms with Crippen LogP contribution in [0.15, 0.2) is 67.5 Å². The lowest BCUT2D eigenvalue weighted by molar-refractivity contribution is 0.801. The van der Waals surface area contributed by atoms with Gasteiger partial charge in [-0.05, 0) is 30.2 Å². The quantitative estimate of drug-likeness (QED) is 0.479. The first-order valence-corrected chi connectivity index (χ1v) is 9.23. The summed E-state index contributed by atoms with van der Waals surface area (Å²) in [4.78, 5) is 20.2. The molecule has 0 aliphatic heterocycles. The summed E-state index contributed by atoms with van der Waals surface area (Å²) in [7, 11) is 0. The third-order valence-corrected chi connectivity index (χ3v) is 4.84. The largest absolute Gasteiger partial charge is 0.368 e. The highest BCUT2D eigenvalue weighted by molar-refractivity contribution is 5.84. The van der Waals surface area contributed by atoms with E-state index in [1.54, 1.807) is 6.33 Å². The number of pyridine rings is 1. The molecular weight excluding hydrogens is 350 g/mol. The Hall–Kier alpha value is -3.74. The number of H-pyrrole nitrogens is 1. The summed E-state index contributed by atoms with van der Waals surface area (Å²) >= 11 is 0. The van der Waals surface area contributed by atoms with Crippen LogP contribution in [0, 0.1) is 0 Å². The van der Waals surface area contributed by atoms with Crippen molar-refractivity contribution in [3.8, 4) is 0 Å². The molecule has 0 spiro atoms. The zero-order chi connectivity index (χ0) is 18.8. The molecule has 5 rings (SSSR count). The summed E-state index contributed by atoms with van der Waals surface area (Å²) in [6, 6.07) is 14.5. The lowest BCUT2D eigenvalue weighted by Crippen LogP contribution is -2.07. The highest BCUT2D eigenvalue weighted by Gasteiger charge is 2.10. The first-order chi connectivity index (χ1) is 13.9. The maximum Gasteiger partial charge on any atom is 0.182 e. The van der Waals surface area contributed by atoms with Gasteiger partial charge in [-0.25, -0.2) is 15.0 Å². The van der Waals surface area contributed by atoms with Gasteiger partial charge >= 0.3 is 0 Å². The smallest absolute Gasteiger partial charge is 0.182 e. The Morgan fingerprint density at radius 2 is 1.89 bits per heavy atom. The number of benzene rings is 1. The van der Waals surface area contributed by atoms with E-state index in [0.29, 0.717) is 5.65 Å². The molecule has 0 unspecified atom stereocenters. The van der Waals surface area contributed by atoms with E-state index in [2.05, 4.69) is 71.3 Å². The average Bonchev–Trinajstić information content (AvgIpc) is 3.35. The Kier molecular flexibility index (Phi) is 4.17. The molecule has 138 valence electrons. The molecule has 0 radical (unpaired) electrons. The van der Waals surface area contributed by atoms with Gasteiger partial charge in [0.2, 0.25) is 0 Å². The van der Waals surface area contributed by atoms with Crippen LogP contribution in [0.2, 0.25) is 0 Å². The zero-order valence-corrected chi connectivity index (χ0v) is 15.2. The van der Waals surface area contributed by atoms with E-state index < -0.39 is 0 Å². The van der Waals surface area contributed by atoms with Crippen LogP contribution in [0.5, 0.6) is 0 Å². The van der Waals surface area contributed by atoms with Gasteiger partial charge in [0, 0.05) is 29.8 Å². The Bertz CT molecular complexity index is 1220. The number of nitrogens with one attached hydrogen (secondary N) is 2. The molecule has 0 atom stereocenters. The highest BCUT2D eigenvalue weighted by atomic mass is 15.1. The molecule has 2 N–H and O–H groups in total. The number of aromatic amines is 1. The molecule has 5 aromatic rings. The highest BCUT2D eigenvalue weighted by Crippen LogP contribution is 2.23. The minimum absolute atomic E-state index is 0.671. The van der Waals surface area contributed by atoms with Gasteiger partial charge in [-0.3, -0.25) is 4.98 Å². The van der Waals surface area contributed by atoms with E-state index in [0.717, 1.165) is 36.5 Å². The number of imidazole rings is 1. The van der Waals surface area contributed by atoms with Crippen molar-refractivity contribution >= 4 is 27.9 Å². The fourth-order valence-electron chi connectivity index (χ4n) is 3.53. The number of aromatic nitrogens is 6. The summed E-state index contributed by atoms with van der Waals surface area (Å²) in [5.74, 6) is 0.778. The standard InChI is InChI=1S/C21H19N7/c1-2-7-18-17(6-1)15(11-28(18)12-16-5-3-4-9-22-16)8-10-23-20-19-21(25-13-24-19)27-14-26-20/h1-7,9,11,13-14H,8,10,12H2,(H2,23,24,25,26,27).